The van der Waals surface area contributed by atoms with Gasteiger partial charge in [0.1, 0.15) is 0 Å². The van der Waals surface area contributed by atoms with Crippen molar-refractivity contribution in [3.8, 4) is 0 Å². The van der Waals surface area contributed by atoms with Crippen molar-refractivity contribution in [2.45, 2.75) is 32.1 Å². The van der Waals surface area contributed by atoms with Gasteiger partial charge in [0, 0.05) is 44.1 Å². The zero-order valence-electron chi connectivity index (χ0n) is 17.0. The second-order valence-electron chi connectivity index (χ2n) is 7.32. The molecule has 158 valence electrons. The standard InChI is InChI=1S/C23H32N4O.ClH/c28-23(27-18-16-24-17-19-27)26-22-13-11-20(12-14-22)8-4-1-2-7-15-25-21-9-5-3-6-10-21;/h3,5-6,9-14,24-25H,1-2,4,7-8,15-19H2,(H,26,28);1H. The van der Waals surface area contributed by atoms with Crippen LogP contribution in [0.5, 0.6) is 0 Å². The average Bonchev–Trinajstić information content (AvgIpc) is 2.75. The molecule has 1 aliphatic rings. The summed E-state index contributed by atoms with van der Waals surface area (Å²) in [5, 5.41) is 9.71. The first-order chi connectivity index (χ1) is 13.8. The molecule has 0 radical (unpaired) electrons. The van der Waals surface area contributed by atoms with E-state index in [4.69, 9.17) is 0 Å². The summed E-state index contributed by atoms with van der Waals surface area (Å²) in [6.07, 6.45) is 6.00. The van der Waals surface area contributed by atoms with Crippen molar-refractivity contribution in [3.05, 3.63) is 60.2 Å². The number of carbonyl (C=O) groups is 1. The van der Waals surface area contributed by atoms with Crippen molar-refractivity contribution in [3.63, 3.8) is 0 Å². The molecule has 3 rings (SSSR count). The fourth-order valence-electron chi connectivity index (χ4n) is 3.42. The Bertz CT molecular complexity index is 703. The summed E-state index contributed by atoms with van der Waals surface area (Å²) in [5.41, 5.74) is 3.41. The van der Waals surface area contributed by atoms with Gasteiger partial charge in [-0.3, -0.25) is 0 Å². The number of hydrogen-bond donors (Lipinski definition) is 3. The van der Waals surface area contributed by atoms with Gasteiger partial charge in [0.25, 0.3) is 0 Å². The van der Waals surface area contributed by atoms with Crippen molar-refractivity contribution in [1.82, 2.24) is 10.2 Å². The Balaban J connectivity index is 0.00000300. The van der Waals surface area contributed by atoms with E-state index >= 15 is 0 Å². The number of para-hydroxylation sites is 1. The summed E-state index contributed by atoms with van der Waals surface area (Å²) < 4.78 is 0. The Morgan fingerprint density at radius 1 is 0.862 bits per heavy atom. The van der Waals surface area contributed by atoms with E-state index in [1.807, 2.05) is 23.1 Å². The number of carbonyl (C=O) groups excluding carboxylic acids is 1. The van der Waals surface area contributed by atoms with Crippen LogP contribution in [0.25, 0.3) is 0 Å². The molecule has 2 amide bonds. The summed E-state index contributed by atoms with van der Waals surface area (Å²) in [5.74, 6) is 0. The van der Waals surface area contributed by atoms with Crippen molar-refractivity contribution < 1.29 is 4.79 Å². The third kappa shape index (κ3) is 8.34. The van der Waals surface area contributed by atoms with Crippen LogP contribution >= 0.6 is 12.4 Å². The average molecular weight is 417 g/mol. The molecule has 0 bridgehead atoms. The summed E-state index contributed by atoms with van der Waals surface area (Å²) in [6.45, 7) is 4.31. The first-order valence-electron chi connectivity index (χ1n) is 10.5. The number of rotatable bonds is 9. The van der Waals surface area contributed by atoms with Crippen molar-refractivity contribution in [2.75, 3.05) is 43.4 Å². The van der Waals surface area contributed by atoms with E-state index in [1.54, 1.807) is 0 Å². The molecule has 2 aromatic carbocycles. The number of hydrogen-bond acceptors (Lipinski definition) is 3. The van der Waals surface area contributed by atoms with Crippen LogP contribution in [0.15, 0.2) is 54.6 Å². The third-order valence-corrected chi connectivity index (χ3v) is 5.10. The summed E-state index contributed by atoms with van der Waals surface area (Å²) in [6, 6.07) is 18.7. The highest BCUT2D eigenvalue weighted by molar-refractivity contribution is 5.89. The Hall–Kier alpha value is -2.24. The molecule has 1 heterocycles. The molecule has 1 saturated heterocycles. The number of halogens is 1. The Labute approximate surface area is 180 Å². The van der Waals surface area contributed by atoms with Gasteiger partial charge >= 0.3 is 6.03 Å². The predicted molar refractivity (Wildman–Crippen MR) is 124 cm³/mol. The topological polar surface area (TPSA) is 56.4 Å². The number of piperazine rings is 1. The van der Waals surface area contributed by atoms with Crippen LogP contribution in [0.3, 0.4) is 0 Å². The zero-order valence-corrected chi connectivity index (χ0v) is 17.8. The van der Waals surface area contributed by atoms with E-state index in [0.29, 0.717) is 0 Å². The maximum Gasteiger partial charge on any atom is 0.321 e. The van der Waals surface area contributed by atoms with E-state index in [2.05, 4.69) is 52.3 Å². The largest absolute Gasteiger partial charge is 0.385 e. The molecule has 0 spiro atoms. The second-order valence-corrected chi connectivity index (χ2v) is 7.32. The number of nitrogens with zero attached hydrogens (tertiary/aromatic N) is 1. The minimum Gasteiger partial charge on any atom is -0.385 e. The number of nitrogens with one attached hydrogen (secondary N) is 3. The predicted octanol–water partition coefficient (Wildman–Crippen LogP) is 4.76. The maximum absolute atomic E-state index is 12.2. The van der Waals surface area contributed by atoms with Crippen molar-refractivity contribution >= 4 is 29.8 Å². The molecule has 1 aliphatic heterocycles. The number of benzene rings is 2. The lowest BCUT2D eigenvalue weighted by atomic mass is 10.1. The highest BCUT2D eigenvalue weighted by atomic mass is 35.5. The number of urea groups is 1. The minimum absolute atomic E-state index is 0. The molecular formula is C23H33ClN4O. The van der Waals surface area contributed by atoms with Crippen LogP contribution < -0.4 is 16.0 Å². The molecule has 0 aliphatic carbocycles. The van der Waals surface area contributed by atoms with E-state index in [0.717, 1.165) is 44.8 Å². The third-order valence-electron chi connectivity index (χ3n) is 5.10. The van der Waals surface area contributed by atoms with Crippen molar-refractivity contribution in [1.29, 1.82) is 0 Å². The molecule has 0 saturated carbocycles. The fourth-order valence-corrected chi connectivity index (χ4v) is 3.42. The summed E-state index contributed by atoms with van der Waals surface area (Å²) in [7, 11) is 0. The van der Waals surface area contributed by atoms with Gasteiger partial charge in [-0.1, -0.05) is 43.2 Å². The lowest BCUT2D eigenvalue weighted by Crippen LogP contribution is -2.48. The van der Waals surface area contributed by atoms with Gasteiger partial charge in [-0.2, -0.15) is 0 Å². The quantitative estimate of drug-likeness (QED) is 0.516. The Morgan fingerprint density at radius 3 is 2.28 bits per heavy atom. The van der Waals surface area contributed by atoms with Gasteiger partial charge in [-0.15, -0.1) is 12.4 Å². The molecule has 6 heteroatoms. The van der Waals surface area contributed by atoms with Gasteiger partial charge < -0.3 is 20.9 Å². The van der Waals surface area contributed by atoms with E-state index in [1.165, 1.54) is 36.9 Å². The van der Waals surface area contributed by atoms with Gasteiger partial charge in [-0.25, -0.2) is 4.79 Å². The first-order valence-corrected chi connectivity index (χ1v) is 10.5. The molecule has 1 fully saturated rings. The Morgan fingerprint density at radius 2 is 1.55 bits per heavy atom. The highest BCUT2D eigenvalue weighted by Crippen LogP contribution is 2.14. The smallest absolute Gasteiger partial charge is 0.321 e. The fraction of sp³-hybridized carbons (Fsp3) is 0.435. The molecule has 0 unspecified atom stereocenters. The van der Waals surface area contributed by atoms with Crippen LogP contribution in [0.4, 0.5) is 16.2 Å². The molecule has 3 N–H and O–H groups in total. The van der Waals surface area contributed by atoms with Crippen LogP contribution in [0, 0.1) is 0 Å². The SMILES string of the molecule is Cl.O=C(Nc1ccc(CCCCCCNc2ccccc2)cc1)N1CCNCC1. The lowest BCUT2D eigenvalue weighted by Gasteiger charge is -2.27. The van der Waals surface area contributed by atoms with Gasteiger partial charge in [0.05, 0.1) is 0 Å². The number of anilines is 2. The van der Waals surface area contributed by atoms with Gasteiger partial charge in [0.15, 0.2) is 0 Å². The van der Waals surface area contributed by atoms with Crippen LogP contribution in [0.2, 0.25) is 0 Å². The number of unbranched alkanes of at least 4 members (excludes halogenated alkanes) is 3. The summed E-state index contributed by atoms with van der Waals surface area (Å²) >= 11 is 0. The van der Waals surface area contributed by atoms with E-state index in [9.17, 15) is 4.79 Å². The zero-order chi connectivity index (χ0) is 19.4. The van der Waals surface area contributed by atoms with Gasteiger partial charge in [0.2, 0.25) is 0 Å². The first kappa shape index (κ1) is 23.0. The molecule has 2 aromatic rings. The number of amides is 2. The second kappa shape index (κ2) is 13.1. The van der Waals surface area contributed by atoms with Crippen LogP contribution in [-0.2, 0) is 6.42 Å². The van der Waals surface area contributed by atoms with Crippen LogP contribution in [0.1, 0.15) is 31.2 Å². The maximum atomic E-state index is 12.2. The molecular weight excluding hydrogens is 384 g/mol. The number of aryl methyl sites for hydroxylation is 1. The van der Waals surface area contributed by atoms with E-state index < -0.39 is 0 Å². The Kier molecular flexibility index (Phi) is 10.4. The lowest BCUT2D eigenvalue weighted by molar-refractivity contribution is 0.204. The molecule has 0 aromatic heterocycles. The van der Waals surface area contributed by atoms with E-state index in [-0.39, 0.29) is 18.4 Å². The van der Waals surface area contributed by atoms with Crippen molar-refractivity contribution in [2.24, 2.45) is 0 Å². The molecule has 5 nitrogen and oxygen atoms in total. The van der Waals surface area contributed by atoms with Gasteiger partial charge in [-0.05, 0) is 49.1 Å². The highest BCUT2D eigenvalue weighted by Gasteiger charge is 2.15. The normalized spacial score (nSPS) is 13.4. The molecule has 29 heavy (non-hydrogen) atoms. The monoisotopic (exact) mass is 416 g/mol. The molecule has 0 atom stereocenters. The van der Waals surface area contributed by atoms with Crippen LogP contribution in [-0.4, -0.2) is 43.7 Å². The minimum atomic E-state index is -0.00152. The summed E-state index contributed by atoms with van der Waals surface area (Å²) in [4.78, 5) is 14.1.